The van der Waals surface area contributed by atoms with Crippen LogP contribution in [0.1, 0.15) is 24.0 Å². The lowest BCUT2D eigenvalue weighted by atomic mass is 9.90. The van der Waals surface area contributed by atoms with Gasteiger partial charge in [0.25, 0.3) is 0 Å². The van der Waals surface area contributed by atoms with E-state index >= 15 is 0 Å². The van der Waals surface area contributed by atoms with Gasteiger partial charge in [-0.3, -0.25) is 9.59 Å². The van der Waals surface area contributed by atoms with Gasteiger partial charge in [-0.25, -0.2) is 4.39 Å². The molecule has 0 fully saturated rings. The van der Waals surface area contributed by atoms with E-state index in [1.165, 1.54) is 25.1 Å². The molecule has 0 aliphatic heterocycles. The monoisotopic (exact) mass is 362 g/mol. The van der Waals surface area contributed by atoms with Crippen molar-refractivity contribution in [2.75, 3.05) is 10.6 Å². The van der Waals surface area contributed by atoms with E-state index in [4.69, 9.17) is 0 Å². The maximum absolute atomic E-state index is 13.7. The topological polar surface area (TPSA) is 58.2 Å². The number of benzene rings is 3. The molecule has 5 heteroatoms. The highest BCUT2D eigenvalue weighted by molar-refractivity contribution is 6.02. The van der Waals surface area contributed by atoms with Gasteiger partial charge < -0.3 is 10.6 Å². The van der Waals surface area contributed by atoms with Crippen LogP contribution < -0.4 is 10.6 Å². The van der Waals surface area contributed by atoms with Gasteiger partial charge in [-0.1, -0.05) is 60.7 Å². The molecule has 4 nitrogen and oxygen atoms in total. The molecule has 3 aromatic carbocycles. The lowest BCUT2D eigenvalue weighted by Gasteiger charge is -2.19. The van der Waals surface area contributed by atoms with Crippen molar-refractivity contribution in [1.82, 2.24) is 0 Å². The largest absolute Gasteiger partial charge is 0.325 e. The Bertz CT molecular complexity index is 904. The predicted molar refractivity (Wildman–Crippen MR) is 104 cm³/mol. The minimum absolute atomic E-state index is 0.215. The molecule has 0 saturated carbocycles. The van der Waals surface area contributed by atoms with Crippen molar-refractivity contribution in [1.29, 1.82) is 0 Å². The molecule has 0 aromatic heterocycles. The highest BCUT2D eigenvalue weighted by Crippen LogP contribution is 2.29. The summed E-state index contributed by atoms with van der Waals surface area (Å²) in [7, 11) is 0. The highest BCUT2D eigenvalue weighted by atomic mass is 19.1. The van der Waals surface area contributed by atoms with Gasteiger partial charge in [-0.2, -0.15) is 0 Å². The van der Waals surface area contributed by atoms with Crippen molar-refractivity contribution < 1.29 is 14.0 Å². The molecule has 0 heterocycles. The van der Waals surface area contributed by atoms with Crippen LogP contribution in [0.15, 0.2) is 78.9 Å². The Morgan fingerprint density at radius 1 is 0.778 bits per heavy atom. The van der Waals surface area contributed by atoms with Crippen molar-refractivity contribution >= 4 is 23.2 Å². The predicted octanol–water partition coefficient (Wildman–Crippen LogP) is 4.55. The molecule has 136 valence electrons. The van der Waals surface area contributed by atoms with Crippen LogP contribution in [-0.2, 0) is 9.59 Å². The number of hydrogen-bond acceptors (Lipinski definition) is 2. The second kappa shape index (κ2) is 8.27. The Morgan fingerprint density at radius 2 is 1.33 bits per heavy atom. The Kier molecular flexibility index (Phi) is 5.61. The maximum Gasteiger partial charge on any atom is 0.236 e. The fourth-order valence-corrected chi connectivity index (χ4v) is 2.91. The number of hydrogen-bond donors (Lipinski definition) is 2. The smallest absolute Gasteiger partial charge is 0.236 e. The zero-order valence-corrected chi connectivity index (χ0v) is 14.8. The number of carbonyl (C=O) groups excluding carboxylic acids is 2. The molecule has 0 radical (unpaired) electrons. The van der Waals surface area contributed by atoms with E-state index in [0.717, 1.165) is 11.1 Å². The van der Waals surface area contributed by atoms with E-state index in [9.17, 15) is 14.0 Å². The second-order valence-electron chi connectivity index (χ2n) is 6.11. The van der Waals surface area contributed by atoms with E-state index in [-0.39, 0.29) is 17.5 Å². The maximum atomic E-state index is 13.7. The quantitative estimate of drug-likeness (QED) is 0.699. The lowest BCUT2D eigenvalue weighted by molar-refractivity contribution is -0.117. The molecule has 0 aliphatic rings. The SMILES string of the molecule is CC(=O)Nc1ccc(F)cc1NC(=O)C(c1ccccc1)c1ccccc1. The van der Waals surface area contributed by atoms with Crippen molar-refractivity contribution in [2.45, 2.75) is 12.8 Å². The zero-order chi connectivity index (χ0) is 19.2. The summed E-state index contributed by atoms with van der Waals surface area (Å²) in [6.45, 7) is 1.35. The third-order valence-corrected chi connectivity index (χ3v) is 4.08. The average molecular weight is 362 g/mol. The first-order valence-electron chi connectivity index (χ1n) is 8.52. The summed E-state index contributed by atoms with van der Waals surface area (Å²) in [6.07, 6.45) is 0. The molecule has 3 aromatic rings. The van der Waals surface area contributed by atoms with Crippen molar-refractivity contribution in [2.24, 2.45) is 0 Å². The van der Waals surface area contributed by atoms with Crippen LogP contribution in [0.25, 0.3) is 0 Å². The van der Waals surface area contributed by atoms with Crippen LogP contribution in [0.4, 0.5) is 15.8 Å². The van der Waals surface area contributed by atoms with Crippen LogP contribution in [0.3, 0.4) is 0 Å². The molecule has 27 heavy (non-hydrogen) atoms. The molecule has 0 atom stereocenters. The molecule has 0 saturated heterocycles. The summed E-state index contributed by atoms with van der Waals surface area (Å²) in [6, 6.07) is 22.6. The fraction of sp³-hybridized carbons (Fsp3) is 0.0909. The molecule has 3 rings (SSSR count). The number of nitrogens with one attached hydrogen (secondary N) is 2. The van der Waals surface area contributed by atoms with E-state index < -0.39 is 11.7 Å². The number of halogens is 1. The van der Waals surface area contributed by atoms with Gasteiger partial charge in [0.2, 0.25) is 11.8 Å². The summed E-state index contributed by atoms with van der Waals surface area (Å²) in [4.78, 5) is 24.5. The second-order valence-corrected chi connectivity index (χ2v) is 6.11. The van der Waals surface area contributed by atoms with Crippen molar-refractivity contribution in [3.05, 3.63) is 95.8 Å². The van der Waals surface area contributed by atoms with Crippen molar-refractivity contribution in [3.63, 3.8) is 0 Å². The Balaban J connectivity index is 1.97. The number of amides is 2. The standard InChI is InChI=1S/C22H19FN2O2/c1-15(26)24-19-13-12-18(23)14-20(19)25-22(27)21(16-8-4-2-5-9-16)17-10-6-3-7-11-17/h2-14,21H,1H3,(H,24,26)(H,25,27). The van der Waals surface area contributed by atoms with E-state index in [1.54, 1.807) is 0 Å². The first-order chi connectivity index (χ1) is 13.0. The Labute approximate surface area is 157 Å². The molecular formula is C22H19FN2O2. The first-order valence-corrected chi connectivity index (χ1v) is 8.52. The van der Waals surface area contributed by atoms with Gasteiger partial charge >= 0.3 is 0 Å². The molecule has 0 aliphatic carbocycles. The highest BCUT2D eigenvalue weighted by Gasteiger charge is 2.23. The molecule has 2 amide bonds. The zero-order valence-electron chi connectivity index (χ0n) is 14.8. The summed E-state index contributed by atoms with van der Waals surface area (Å²) >= 11 is 0. The number of carbonyl (C=O) groups is 2. The molecule has 0 spiro atoms. The normalized spacial score (nSPS) is 10.5. The summed E-state index contributed by atoms with van der Waals surface area (Å²) in [5.41, 5.74) is 2.20. The first kappa shape index (κ1) is 18.3. The third kappa shape index (κ3) is 4.58. The van der Waals surface area contributed by atoms with Crippen LogP contribution >= 0.6 is 0 Å². The number of anilines is 2. The van der Waals surface area contributed by atoms with Gasteiger partial charge in [-0.15, -0.1) is 0 Å². The summed E-state index contributed by atoms with van der Waals surface area (Å²) in [5.74, 6) is -1.69. The van der Waals surface area contributed by atoms with Crippen LogP contribution in [0.5, 0.6) is 0 Å². The van der Waals surface area contributed by atoms with Gasteiger partial charge in [0, 0.05) is 6.92 Å². The van der Waals surface area contributed by atoms with Crippen molar-refractivity contribution in [3.8, 4) is 0 Å². The number of rotatable bonds is 5. The van der Waals surface area contributed by atoms with Gasteiger partial charge in [-0.05, 0) is 29.3 Å². The van der Waals surface area contributed by atoms with E-state index in [0.29, 0.717) is 5.69 Å². The summed E-state index contributed by atoms with van der Waals surface area (Å²) < 4.78 is 13.7. The Hall–Kier alpha value is -3.47. The van der Waals surface area contributed by atoms with Gasteiger partial charge in [0.05, 0.1) is 17.3 Å². The van der Waals surface area contributed by atoms with E-state index in [1.807, 2.05) is 60.7 Å². The van der Waals surface area contributed by atoms with Crippen LogP contribution in [0, 0.1) is 5.82 Å². The van der Waals surface area contributed by atoms with Gasteiger partial charge in [0.1, 0.15) is 5.82 Å². The summed E-state index contributed by atoms with van der Waals surface area (Å²) in [5, 5.41) is 5.36. The minimum Gasteiger partial charge on any atom is -0.325 e. The average Bonchev–Trinajstić information content (AvgIpc) is 2.66. The van der Waals surface area contributed by atoms with Gasteiger partial charge in [0.15, 0.2) is 0 Å². The van der Waals surface area contributed by atoms with Crippen LogP contribution in [0.2, 0.25) is 0 Å². The minimum atomic E-state index is -0.569. The Morgan fingerprint density at radius 3 is 1.85 bits per heavy atom. The lowest BCUT2D eigenvalue weighted by Crippen LogP contribution is -2.23. The van der Waals surface area contributed by atoms with E-state index in [2.05, 4.69) is 10.6 Å². The molecule has 2 N–H and O–H groups in total. The van der Waals surface area contributed by atoms with Crippen LogP contribution in [-0.4, -0.2) is 11.8 Å². The third-order valence-electron chi connectivity index (χ3n) is 4.08. The molecular weight excluding hydrogens is 343 g/mol. The molecule has 0 unspecified atom stereocenters. The molecule has 0 bridgehead atoms. The fourth-order valence-electron chi connectivity index (χ4n) is 2.91.